The number of urea groups is 1. The Bertz CT molecular complexity index is 671. The minimum atomic E-state index is -0.156. The molecule has 2 unspecified atom stereocenters. The Hall–Kier alpha value is -2.53. The van der Waals surface area contributed by atoms with Crippen molar-refractivity contribution < 1.29 is 9.90 Å². The minimum absolute atomic E-state index is 0.00599. The molecule has 0 fully saturated rings. The van der Waals surface area contributed by atoms with Gasteiger partial charge in [0.2, 0.25) is 0 Å². The first-order valence-electron chi connectivity index (χ1n) is 8.96. The van der Waals surface area contributed by atoms with Crippen LogP contribution in [0.5, 0.6) is 5.75 Å². The molecule has 0 saturated heterocycles. The third-order valence-electron chi connectivity index (χ3n) is 4.40. The highest BCUT2D eigenvalue weighted by Gasteiger charge is 2.14. The lowest BCUT2D eigenvalue weighted by Crippen LogP contribution is -2.47. The summed E-state index contributed by atoms with van der Waals surface area (Å²) in [6, 6.07) is 17.4. The van der Waals surface area contributed by atoms with E-state index in [9.17, 15) is 9.90 Å². The highest BCUT2D eigenvalue weighted by molar-refractivity contribution is 5.74. The van der Waals surface area contributed by atoms with Crippen LogP contribution in [0.25, 0.3) is 0 Å². The van der Waals surface area contributed by atoms with Gasteiger partial charge in [-0.1, -0.05) is 42.5 Å². The smallest absolute Gasteiger partial charge is 0.315 e. The van der Waals surface area contributed by atoms with E-state index in [1.54, 1.807) is 12.1 Å². The molecule has 0 aromatic heterocycles. The highest BCUT2D eigenvalue weighted by Crippen LogP contribution is 2.11. The van der Waals surface area contributed by atoms with Crippen molar-refractivity contribution in [3.05, 3.63) is 65.7 Å². The van der Waals surface area contributed by atoms with Crippen molar-refractivity contribution in [1.29, 1.82) is 0 Å². The number of nitrogens with zero attached hydrogens (tertiary/aromatic N) is 1. The van der Waals surface area contributed by atoms with Crippen LogP contribution < -0.4 is 10.6 Å². The summed E-state index contributed by atoms with van der Waals surface area (Å²) >= 11 is 0. The summed E-state index contributed by atoms with van der Waals surface area (Å²) in [5.41, 5.74) is 2.33. The summed E-state index contributed by atoms with van der Waals surface area (Å²) in [5, 5.41) is 15.3. The van der Waals surface area contributed by atoms with Crippen molar-refractivity contribution in [2.24, 2.45) is 0 Å². The number of benzene rings is 2. The lowest BCUT2D eigenvalue weighted by atomic mass is 10.1. The van der Waals surface area contributed by atoms with Gasteiger partial charge in [-0.25, -0.2) is 4.79 Å². The van der Waals surface area contributed by atoms with E-state index in [0.29, 0.717) is 6.54 Å². The monoisotopic (exact) mass is 355 g/mol. The van der Waals surface area contributed by atoms with Gasteiger partial charge in [0.1, 0.15) is 5.75 Å². The molecule has 2 rings (SSSR count). The van der Waals surface area contributed by atoms with Gasteiger partial charge >= 0.3 is 6.03 Å². The van der Waals surface area contributed by atoms with Gasteiger partial charge < -0.3 is 20.6 Å². The number of carbonyl (C=O) groups is 1. The van der Waals surface area contributed by atoms with E-state index in [4.69, 9.17) is 0 Å². The molecule has 0 aliphatic carbocycles. The summed E-state index contributed by atoms with van der Waals surface area (Å²) in [5.74, 6) is 0.250. The zero-order valence-corrected chi connectivity index (χ0v) is 15.8. The lowest BCUT2D eigenvalue weighted by Gasteiger charge is -2.25. The van der Waals surface area contributed by atoms with Crippen molar-refractivity contribution >= 4 is 6.03 Å². The zero-order valence-electron chi connectivity index (χ0n) is 15.8. The fourth-order valence-electron chi connectivity index (χ4n) is 2.85. The first-order chi connectivity index (χ1) is 12.4. The molecule has 2 atom stereocenters. The van der Waals surface area contributed by atoms with Gasteiger partial charge in [-0.15, -0.1) is 0 Å². The fourth-order valence-corrected chi connectivity index (χ4v) is 2.85. The first kappa shape index (κ1) is 19.8. The average molecular weight is 355 g/mol. The molecule has 0 spiro atoms. The van der Waals surface area contributed by atoms with Crippen LogP contribution in [0.3, 0.4) is 0 Å². The van der Waals surface area contributed by atoms with Crippen LogP contribution in [0.15, 0.2) is 54.6 Å². The Labute approximate surface area is 156 Å². The van der Waals surface area contributed by atoms with Crippen LogP contribution in [-0.2, 0) is 12.8 Å². The Morgan fingerprint density at radius 3 is 2.23 bits per heavy atom. The van der Waals surface area contributed by atoms with Crippen LogP contribution in [0.2, 0.25) is 0 Å². The van der Waals surface area contributed by atoms with Crippen LogP contribution >= 0.6 is 0 Å². The maximum absolute atomic E-state index is 12.2. The number of likely N-dealkylation sites (N-methyl/N-ethyl adjacent to an activating group) is 1. The predicted molar refractivity (Wildman–Crippen MR) is 105 cm³/mol. The molecular formula is C21H29N3O2. The van der Waals surface area contributed by atoms with Crippen LogP contribution in [0.4, 0.5) is 4.79 Å². The van der Waals surface area contributed by atoms with Gasteiger partial charge in [0.05, 0.1) is 0 Å². The molecule has 0 aliphatic rings. The molecule has 0 bridgehead atoms. The van der Waals surface area contributed by atoms with Gasteiger partial charge in [-0.2, -0.15) is 0 Å². The lowest BCUT2D eigenvalue weighted by molar-refractivity contribution is 0.229. The van der Waals surface area contributed by atoms with Crippen molar-refractivity contribution in [3.8, 4) is 5.75 Å². The second-order valence-electron chi connectivity index (χ2n) is 6.93. The quantitative estimate of drug-likeness (QED) is 0.682. The summed E-state index contributed by atoms with van der Waals surface area (Å²) in [4.78, 5) is 14.3. The highest BCUT2D eigenvalue weighted by atomic mass is 16.3. The number of phenols is 1. The zero-order chi connectivity index (χ0) is 18.9. The third-order valence-corrected chi connectivity index (χ3v) is 4.40. The second-order valence-corrected chi connectivity index (χ2v) is 6.93. The van der Waals surface area contributed by atoms with Gasteiger partial charge in [0.25, 0.3) is 0 Å². The molecular weight excluding hydrogens is 326 g/mol. The van der Waals surface area contributed by atoms with Gasteiger partial charge in [-0.3, -0.25) is 0 Å². The molecule has 2 aromatic carbocycles. The summed E-state index contributed by atoms with van der Waals surface area (Å²) in [7, 11) is 4.06. The molecule has 2 aromatic rings. The molecule has 0 radical (unpaired) electrons. The van der Waals surface area contributed by atoms with E-state index < -0.39 is 0 Å². The van der Waals surface area contributed by atoms with Crippen molar-refractivity contribution in [1.82, 2.24) is 15.5 Å². The number of hydrogen-bond donors (Lipinski definition) is 3. The molecule has 2 amide bonds. The summed E-state index contributed by atoms with van der Waals surface area (Å²) in [6.45, 7) is 2.56. The van der Waals surface area contributed by atoms with Gasteiger partial charge in [0.15, 0.2) is 0 Å². The molecule has 3 N–H and O–H groups in total. The summed E-state index contributed by atoms with van der Waals surface area (Å²) in [6.07, 6.45) is 1.60. The Morgan fingerprint density at radius 2 is 1.62 bits per heavy atom. The number of phenolic OH excluding ortho intramolecular Hbond substituents is 1. The standard InChI is InChI=1S/C21H29N3O2/c1-16(13-18-9-11-20(25)12-10-18)23-21(26)22-15-19(24(2)3)14-17-7-5-4-6-8-17/h4-12,16,19,25H,13-15H2,1-3H3,(H2,22,23,26). The molecule has 26 heavy (non-hydrogen) atoms. The van der Waals surface area contributed by atoms with Gasteiger partial charge in [-0.05, 0) is 57.1 Å². The number of amides is 2. The van der Waals surface area contributed by atoms with Crippen LogP contribution in [0.1, 0.15) is 18.1 Å². The summed E-state index contributed by atoms with van der Waals surface area (Å²) < 4.78 is 0. The number of hydrogen-bond acceptors (Lipinski definition) is 3. The topological polar surface area (TPSA) is 64.6 Å². The molecule has 5 heteroatoms. The van der Waals surface area contributed by atoms with Crippen LogP contribution in [-0.4, -0.2) is 48.8 Å². The van der Waals surface area contributed by atoms with Gasteiger partial charge in [0, 0.05) is 18.6 Å². The third kappa shape index (κ3) is 6.76. The van der Waals surface area contributed by atoms with Crippen molar-refractivity contribution in [3.63, 3.8) is 0 Å². The van der Waals surface area contributed by atoms with E-state index in [0.717, 1.165) is 18.4 Å². The van der Waals surface area contributed by atoms with Crippen LogP contribution in [0, 0.1) is 0 Å². The first-order valence-corrected chi connectivity index (χ1v) is 8.96. The predicted octanol–water partition coefficient (Wildman–Crippen LogP) is 2.80. The van der Waals surface area contributed by atoms with Crippen molar-refractivity contribution in [2.45, 2.75) is 31.8 Å². The minimum Gasteiger partial charge on any atom is -0.508 e. The maximum Gasteiger partial charge on any atom is 0.315 e. The average Bonchev–Trinajstić information content (AvgIpc) is 2.61. The fraction of sp³-hybridized carbons (Fsp3) is 0.381. The Morgan fingerprint density at radius 1 is 1.00 bits per heavy atom. The second kappa shape index (κ2) is 9.82. The largest absolute Gasteiger partial charge is 0.508 e. The number of carbonyl (C=O) groups excluding carboxylic acids is 1. The van der Waals surface area contributed by atoms with E-state index in [2.05, 4.69) is 27.7 Å². The van der Waals surface area contributed by atoms with Crippen molar-refractivity contribution in [2.75, 3.05) is 20.6 Å². The number of rotatable bonds is 8. The molecule has 140 valence electrons. The van der Waals surface area contributed by atoms with E-state index in [-0.39, 0.29) is 23.9 Å². The Kier molecular flexibility index (Phi) is 7.48. The molecule has 5 nitrogen and oxygen atoms in total. The molecule has 0 heterocycles. The normalized spacial score (nSPS) is 13.2. The maximum atomic E-state index is 12.2. The van der Waals surface area contributed by atoms with E-state index in [1.807, 2.05) is 51.4 Å². The molecule has 0 aliphatic heterocycles. The number of nitrogens with one attached hydrogen (secondary N) is 2. The molecule has 0 saturated carbocycles. The van der Waals surface area contributed by atoms with E-state index in [1.165, 1.54) is 5.56 Å². The number of aromatic hydroxyl groups is 1. The Balaban J connectivity index is 1.79. The van der Waals surface area contributed by atoms with E-state index >= 15 is 0 Å². The SMILES string of the molecule is CC(Cc1ccc(O)cc1)NC(=O)NCC(Cc1ccccc1)N(C)C.